The van der Waals surface area contributed by atoms with E-state index >= 15 is 0 Å². The SMILES string of the molecule is COc1cc(OC)c2c(=O)cc(-c3ccc(C(=O)O)cc3)oc2c1. The molecule has 0 saturated heterocycles. The van der Waals surface area contributed by atoms with E-state index in [1.54, 1.807) is 24.3 Å². The first kappa shape index (κ1) is 15.6. The Morgan fingerprint density at radius 1 is 1.04 bits per heavy atom. The quantitative estimate of drug-likeness (QED) is 0.792. The van der Waals surface area contributed by atoms with Crippen molar-refractivity contribution in [3.63, 3.8) is 0 Å². The van der Waals surface area contributed by atoms with Gasteiger partial charge in [0.05, 0.1) is 19.8 Å². The van der Waals surface area contributed by atoms with Crippen molar-refractivity contribution in [2.24, 2.45) is 0 Å². The number of hydrogen-bond donors (Lipinski definition) is 1. The summed E-state index contributed by atoms with van der Waals surface area (Å²) >= 11 is 0. The van der Waals surface area contributed by atoms with Crippen LogP contribution in [0, 0.1) is 0 Å². The summed E-state index contributed by atoms with van der Waals surface area (Å²) in [5.41, 5.74) is 0.829. The fourth-order valence-corrected chi connectivity index (χ4v) is 2.43. The minimum atomic E-state index is -1.02. The molecular formula is C18H14O6. The molecule has 3 aromatic rings. The Hall–Kier alpha value is -3.28. The normalized spacial score (nSPS) is 10.6. The first-order valence-electron chi connectivity index (χ1n) is 7.07. The zero-order chi connectivity index (χ0) is 17.3. The molecule has 0 unspecified atom stereocenters. The van der Waals surface area contributed by atoms with Gasteiger partial charge in [0.1, 0.15) is 28.2 Å². The molecule has 1 heterocycles. The van der Waals surface area contributed by atoms with Crippen LogP contribution in [0.5, 0.6) is 11.5 Å². The van der Waals surface area contributed by atoms with Gasteiger partial charge in [-0.2, -0.15) is 0 Å². The predicted octanol–water partition coefficient (Wildman–Crippen LogP) is 3.18. The van der Waals surface area contributed by atoms with E-state index in [-0.39, 0.29) is 11.0 Å². The van der Waals surface area contributed by atoms with Gasteiger partial charge >= 0.3 is 5.97 Å². The molecule has 0 aliphatic rings. The second-order valence-electron chi connectivity index (χ2n) is 5.06. The minimum absolute atomic E-state index is 0.158. The zero-order valence-corrected chi connectivity index (χ0v) is 13.0. The highest BCUT2D eigenvalue weighted by Crippen LogP contribution is 2.31. The second kappa shape index (κ2) is 6.08. The molecule has 1 aromatic heterocycles. The predicted molar refractivity (Wildman–Crippen MR) is 88.0 cm³/mol. The van der Waals surface area contributed by atoms with Crippen LogP contribution in [-0.2, 0) is 0 Å². The van der Waals surface area contributed by atoms with Crippen molar-refractivity contribution in [3.8, 4) is 22.8 Å². The van der Waals surface area contributed by atoms with Crippen LogP contribution in [-0.4, -0.2) is 25.3 Å². The van der Waals surface area contributed by atoms with E-state index in [2.05, 4.69) is 0 Å². The Bertz CT molecular complexity index is 969. The average Bonchev–Trinajstić information content (AvgIpc) is 2.60. The van der Waals surface area contributed by atoms with Gasteiger partial charge < -0.3 is 19.0 Å². The highest BCUT2D eigenvalue weighted by molar-refractivity contribution is 5.89. The van der Waals surface area contributed by atoms with E-state index < -0.39 is 5.97 Å². The van der Waals surface area contributed by atoms with E-state index in [0.29, 0.717) is 33.8 Å². The van der Waals surface area contributed by atoms with Crippen LogP contribution in [0.25, 0.3) is 22.3 Å². The van der Waals surface area contributed by atoms with Gasteiger partial charge in [-0.15, -0.1) is 0 Å². The lowest BCUT2D eigenvalue weighted by atomic mass is 10.1. The summed E-state index contributed by atoms with van der Waals surface area (Å²) in [6, 6.07) is 10.7. The lowest BCUT2D eigenvalue weighted by Gasteiger charge is -2.09. The number of ether oxygens (including phenoxy) is 2. The summed E-state index contributed by atoms with van der Waals surface area (Å²) in [6.07, 6.45) is 0. The molecule has 0 radical (unpaired) electrons. The first-order valence-corrected chi connectivity index (χ1v) is 7.07. The topological polar surface area (TPSA) is 86.0 Å². The standard InChI is InChI=1S/C18H14O6/c1-22-12-7-15(23-2)17-13(19)9-14(24-16(17)8-12)10-3-5-11(6-4-10)18(20)21/h3-9H,1-2H3,(H,20,21). The molecule has 0 amide bonds. The number of benzene rings is 2. The summed E-state index contributed by atoms with van der Waals surface area (Å²) in [6.45, 7) is 0. The van der Waals surface area contributed by atoms with Crippen molar-refractivity contribution >= 4 is 16.9 Å². The zero-order valence-electron chi connectivity index (χ0n) is 13.0. The Morgan fingerprint density at radius 2 is 1.75 bits per heavy atom. The molecule has 6 heteroatoms. The molecule has 0 fully saturated rings. The molecule has 0 aliphatic carbocycles. The number of carbonyl (C=O) groups is 1. The minimum Gasteiger partial charge on any atom is -0.496 e. The van der Waals surface area contributed by atoms with Gasteiger partial charge in [0.2, 0.25) is 0 Å². The largest absolute Gasteiger partial charge is 0.496 e. The molecule has 24 heavy (non-hydrogen) atoms. The molecule has 0 bridgehead atoms. The summed E-state index contributed by atoms with van der Waals surface area (Å²) in [4.78, 5) is 23.4. The van der Waals surface area contributed by atoms with Crippen LogP contribution in [0.1, 0.15) is 10.4 Å². The smallest absolute Gasteiger partial charge is 0.335 e. The number of hydrogen-bond acceptors (Lipinski definition) is 5. The first-order chi connectivity index (χ1) is 11.5. The van der Waals surface area contributed by atoms with Crippen LogP contribution in [0.3, 0.4) is 0 Å². The van der Waals surface area contributed by atoms with Gasteiger partial charge in [-0.3, -0.25) is 4.79 Å². The van der Waals surface area contributed by atoms with Crippen molar-refractivity contribution in [3.05, 3.63) is 58.3 Å². The van der Waals surface area contributed by atoms with E-state index in [9.17, 15) is 9.59 Å². The van der Waals surface area contributed by atoms with Crippen molar-refractivity contribution < 1.29 is 23.8 Å². The summed E-state index contributed by atoms with van der Waals surface area (Å²) < 4.78 is 16.2. The van der Waals surface area contributed by atoms with Crippen molar-refractivity contribution in [1.82, 2.24) is 0 Å². The number of methoxy groups -OCH3 is 2. The highest BCUT2D eigenvalue weighted by Gasteiger charge is 2.14. The number of rotatable bonds is 4. The van der Waals surface area contributed by atoms with Gasteiger partial charge in [0, 0.05) is 23.8 Å². The van der Waals surface area contributed by atoms with E-state index in [0.717, 1.165) is 0 Å². The number of fused-ring (bicyclic) bond motifs is 1. The highest BCUT2D eigenvalue weighted by atomic mass is 16.5. The molecule has 0 atom stereocenters. The van der Waals surface area contributed by atoms with Crippen molar-refractivity contribution in [2.45, 2.75) is 0 Å². The molecule has 122 valence electrons. The number of carboxylic acid groups (broad SMARTS) is 1. The van der Waals surface area contributed by atoms with Crippen molar-refractivity contribution in [2.75, 3.05) is 14.2 Å². The molecule has 0 aliphatic heterocycles. The second-order valence-corrected chi connectivity index (χ2v) is 5.06. The fourth-order valence-electron chi connectivity index (χ4n) is 2.43. The van der Waals surface area contributed by atoms with E-state index in [4.69, 9.17) is 19.0 Å². The third-order valence-electron chi connectivity index (χ3n) is 3.64. The number of aromatic carboxylic acids is 1. The van der Waals surface area contributed by atoms with E-state index in [1.165, 1.54) is 32.4 Å². The Labute approximate surface area is 136 Å². The third kappa shape index (κ3) is 2.69. The maximum Gasteiger partial charge on any atom is 0.335 e. The summed E-state index contributed by atoms with van der Waals surface area (Å²) in [5.74, 6) is 0.183. The molecule has 0 saturated carbocycles. The lowest BCUT2D eigenvalue weighted by molar-refractivity contribution is 0.0697. The lowest BCUT2D eigenvalue weighted by Crippen LogP contribution is -2.03. The van der Waals surface area contributed by atoms with Gasteiger partial charge in [-0.05, 0) is 12.1 Å². The molecule has 6 nitrogen and oxygen atoms in total. The molecule has 3 rings (SSSR count). The molecule has 0 spiro atoms. The monoisotopic (exact) mass is 326 g/mol. The maximum atomic E-state index is 12.5. The van der Waals surface area contributed by atoms with Gasteiger partial charge in [-0.25, -0.2) is 4.79 Å². The van der Waals surface area contributed by atoms with Crippen molar-refractivity contribution in [1.29, 1.82) is 0 Å². The van der Waals surface area contributed by atoms with Crippen LogP contribution < -0.4 is 14.9 Å². The maximum absolute atomic E-state index is 12.5. The van der Waals surface area contributed by atoms with Gasteiger partial charge in [0.25, 0.3) is 0 Å². The van der Waals surface area contributed by atoms with Crippen LogP contribution in [0.4, 0.5) is 0 Å². The van der Waals surface area contributed by atoms with Crippen LogP contribution in [0.15, 0.2) is 51.7 Å². The molecule has 1 N–H and O–H groups in total. The molecule has 2 aromatic carbocycles. The molecular weight excluding hydrogens is 312 g/mol. The third-order valence-corrected chi connectivity index (χ3v) is 3.64. The Balaban J connectivity index is 2.20. The number of carboxylic acids is 1. The summed E-state index contributed by atoms with van der Waals surface area (Å²) in [5, 5.41) is 9.27. The van der Waals surface area contributed by atoms with E-state index in [1.807, 2.05) is 0 Å². The fraction of sp³-hybridized carbons (Fsp3) is 0.111. The van der Waals surface area contributed by atoms with Gasteiger partial charge in [-0.1, -0.05) is 12.1 Å². The average molecular weight is 326 g/mol. The Morgan fingerprint density at radius 3 is 2.33 bits per heavy atom. The van der Waals surface area contributed by atoms with Gasteiger partial charge in [0.15, 0.2) is 5.43 Å². The summed E-state index contributed by atoms with van der Waals surface area (Å²) in [7, 11) is 2.97. The Kier molecular flexibility index (Phi) is 3.95. The van der Waals surface area contributed by atoms with Crippen LogP contribution >= 0.6 is 0 Å². The van der Waals surface area contributed by atoms with Crippen LogP contribution in [0.2, 0.25) is 0 Å².